The molecule has 0 saturated carbocycles. The quantitative estimate of drug-likeness (QED) is 0.658. The number of carbonyl (C=O) groups excluding carboxylic acids is 1. The first-order valence-corrected chi connectivity index (χ1v) is 5.71. The number of carbonyl (C=O) groups is 1. The minimum atomic E-state index is -4.46. The van der Waals surface area contributed by atoms with Crippen LogP contribution in [0.2, 0.25) is 0 Å². The number of hydrogen-bond donors (Lipinski definition) is 1. The first-order chi connectivity index (χ1) is 8.21. The van der Waals surface area contributed by atoms with E-state index < -0.39 is 11.7 Å². The number of halogens is 3. The van der Waals surface area contributed by atoms with Crippen molar-refractivity contribution in [2.24, 2.45) is 5.92 Å². The van der Waals surface area contributed by atoms with Crippen molar-refractivity contribution < 1.29 is 18.0 Å². The number of anilines is 1. The van der Waals surface area contributed by atoms with Crippen molar-refractivity contribution in [3.05, 3.63) is 29.3 Å². The molecule has 0 bridgehead atoms. The summed E-state index contributed by atoms with van der Waals surface area (Å²) in [4.78, 5) is 11.8. The summed E-state index contributed by atoms with van der Waals surface area (Å²) in [7, 11) is 0. The number of alkyl halides is 3. The van der Waals surface area contributed by atoms with Crippen LogP contribution >= 0.6 is 0 Å². The van der Waals surface area contributed by atoms with Crippen LogP contribution in [0, 0.1) is 5.92 Å². The Balaban J connectivity index is 2.97. The lowest BCUT2D eigenvalue weighted by Crippen LogP contribution is -2.10. The maximum absolute atomic E-state index is 12.5. The molecule has 0 radical (unpaired) electrons. The lowest BCUT2D eigenvalue weighted by Gasteiger charge is -2.11. The third-order valence-electron chi connectivity index (χ3n) is 2.63. The van der Waals surface area contributed by atoms with Crippen molar-refractivity contribution in [2.45, 2.75) is 32.9 Å². The number of hydrogen-bond acceptors (Lipinski definition) is 2. The summed E-state index contributed by atoms with van der Waals surface area (Å²) >= 11 is 0. The van der Waals surface area contributed by atoms with Crippen LogP contribution in [0.5, 0.6) is 0 Å². The molecule has 2 N–H and O–H groups in total. The monoisotopic (exact) mass is 259 g/mol. The third-order valence-corrected chi connectivity index (χ3v) is 2.63. The number of ketones is 1. The van der Waals surface area contributed by atoms with Crippen molar-refractivity contribution in [3.8, 4) is 0 Å². The van der Waals surface area contributed by atoms with E-state index in [1.807, 2.05) is 13.8 Å². The van der Waals surface area contributed by atoms with Crippen LogP contribution in [0.15, 0.2) is 18.2 Å². The smallest absolute Gasteiger partial charge is 0.398 e. The van der Waals surface area contributed by atoms with Crippen molar-refractivity contribution in [3.63, 3.8) is 0 Å². The third kappa shape index (κ3) is 3.75. The molecule has 0 unspecified atom stereocenters. The second-order valence-corrected chi connectivity index (χ2v) is 4.66. The summed E-state index contributed by atoms with van der Waals surface area (Å²) in [6, 6.07) is 2.85. The molecule has 18 heavy (non-hydrogen) atoms. The van der Waals surface area contributed by atoms with E-state index in [2.05, 4.69) is 0 Å². The van der Waals surface area contributed by atoms with Gasteiger partial charge in [0, 0.05) is 17.7 Å². The van der Waals surface area contributed by atoms with Crippen LogP contribution < -0.4 is 5.73 Å². The van der Waals surface area contributed by atoms with Gasteiger partial charge in [-0.15, -0.1) is 0 Å². The van der Waals surface area contributed by atoms with Crippen LogP contribution in [0.3, 0.4) is 0 Å². The van der Waals surface area contributed by atoms with Crippen LogP contribution in [0.4, 0.5) is 18.9 Å². The van der Waals surface area contributed by atoms with Gasteiger partial charge in [0.25, 0.3) is 0 Å². The van der Waals surface area contributed by atoms with Gasteiger partial charge in [-0.05, 0) is 30.5 Å². The summed E-state index contributed by atoms with van der Waals surface area (Å²) in [5.41, 5.74) is 4.77. The van der Waals surface area contributed by atoms with Gasteiger partial charge in [-0.2, -0.15) is 13.2 Å². The Morgan fingerprint density at radius 1 is 1.33 bits per heavy atom. The lowest BCUT2D eigenvalue weighted by atomic mass is 9.98. The van der Waals surface area contributed by atoms with E-state index >= 15 is 0 Å². The normalized spacial score (nSPS) is 11.9. The summed E-state index contributed by atoms with van der Waals surface area (Å²) in [6.45, 7) is 3.89. The molecule has 1 aromatic rings. The van der Waals surface area contributed by atoms with Gasteiger partial charge in [0.05, 0.1) is 5.56 Å². The molecular formula is C13H16F3NO. The molecule has 1 aromatic carbocycles. The summed E-state index contributed by atoms with van der Waals surface area (Å²) in [6.07, 6.45) is -3.61. The van der Waals surface area contributed by atoms with Crippen molar-refractivity contribution >= 4 is 11.5 Å². The number of benzene rings is 1. The number of rotatable bonds is 4. The summed E-state index contributed by atoms with van der Waals surface area (Å²) < 4.78 is 37.6. The average Bonchev–Trinajstić information content (AvgIpc) is 2.24. The fourth-order valence-corrected chi connectivity index (χ4v) is 1.53. The van der Waals surface area contributed by atoms with E-state index in [1.54, 1.807) is 0 Å². The van der Waals surface area contributed by atoms with Crippen LogP contribution in [-0.4, -0.2) is 5.78 Å². The first kappa shape index (κ1) is 14.5. The highest BCUT2D eigenvalue weighted by Gasteiger charge is 2.31. The van der Waals surface area contributed by atoms with Crippen LogP contribution in [0.25, 0.3) is 0 Å². The zero-order chi connectivity index (χ0) is 13.9. The van der Waals surface area contributed by atoms with Gasteiger partial charge in [-0.3, -0.25) is 4.79 Å². The fourth-order valence-electron chi connectivity index (χ4n) is 1.53. The van der Waals surface area contributed by atoms with Gasteiger partial charge in [0.1, 0.15) is 0 Å². The largest absolute Gasteiger partial charge is 0.416 e. The summed E-state index contributed by atoms with van der Waals surface area (Å²) in [5, 5.41) is 0. The number of nitrogens with two attached hydrogens (primary N) is 1. The Kier molecular flexibility index (Phi) is 4.38. The molecule has 0 aliphatic carbocycles. The molecule has 0 aromatic heterocycles. The SMILES string of the molecule is CC(C)CCC(=O)c1cc(C(F)(F)F)ccc1N. The molecular weight excluding hydrogens is 243 g/mol. The van der Waals surface area contributed by atoms with Gasteiger partial charge in [0.15, 0.2) is 5.78 Å². The fraction of sp³-hybridized carbons (Fsp3) is 0.462. The Morgan fingerprint density at radius 3 is 2.44 bits per heavy atom. The number of Topliss-reactive ketones (excluding diaryl/α,β-unsaturated/α-hetero) is 1. The Bertz CT molecular complexity index is 438. The predicted octanol–water partition coefficient (Wildman–Crippen LogP) is 3.91. The molecule has 1 rings (SSSR count). The van der Waals surface area contributed by atoms with E-state index in [-0.39, 0.29) is 23.5 Å². The van der Waals surface area contributed by atoms with E-state index in [0.29, 0.717) is 12.3 Å². The molecule has 5 heteroatoms. The molecule has 0 amide bonds. The average molecular weight is 259 g/mol. The van der Waals surface area contributed by atoms with Crippen LogP contribution in [-0.2, 0) is 6.18 Å². The second-order valence-electron chi connectivity index (χ2n) is 4.66. The maximum atomic E-state index is 12.5. The lowest BCUT2D eigenvalue weighted by molar-refractivity contribution is -0.137. The molecule has 0 saturated heterocycles. The molecule has 0 fully saturated rings. The molecule has 0 aliphatic rings. The first-order valence-electron chi connectivity index (χ1n) is 5.71. The minimum Gasteiger partial charge on any atom is -0.398 e. The molecule has 0 atom stereocenters. The minimum absolute atomic E-state index is 0.0366. The van der Waals surface area contributed by atoms with Gasteiger partial charge in [0.2, 0.25) is 0 Å². The van der Waals surface area contributed by atoms with Gasteiger partial charge in [-0.25, -0.2) is 0 Å². The molecule has 2 nitrogen and oxygen atoms in total. The Labute approximate surface area is 104 Å². The topological polar surface area (TPSA) is 43.1 Å². The maximum Gasteiger partial charge on any atom is 0.416 e. The van der Waals surface area contributed by atoms with Crippen molar-refractivity contribution in [2.75, 3.05) is 5.73 Å². The highest BCUT2D eigenvalue weighted by molar-refractivity contribution is 6.00. The zero-order valence-electron chi connectivity index (χ0n) is 10.3. The molecule has 0 heterocycles. The van der Waals surface area contributed by atoms with Gasteiger partial charge in [-0.1, -0.05) is 13.8 Å². The van der Waals surface area contributed by atoms with Gasteiger partial charge >= 0.3 is 6.18 Å². The van der Waals surface area contributed by atoms with Crippen LogP contribution in [0.1, 0.15) is 42.6 Å². The standard InChI is InChI=1S/C13H16F3NO/c1-8(2)3-6-12(18)10-7-9(13(14,15)16)4-5-11(10)17/h4-5,7-8H,3,6,17H2,1-2H3. The van der Waals surface area contributed by atoms with E-state index in [0.717, 1.165) is 18.2 Å². The Morgan fingerprint density at radius 2 is 1.94 bits per heavy atom. The highest BCUT2D eigenvalue weighted by atomic mass is 19.4. The Hall–Kier alpha value is -1.52. The molecule has 0 spiro atoms. The highest BCUT2D eigenvalue weighted by Crippen LogP contribution is 2.31. The van der Waals surface area contributed by atoms with E-state index in [1.165, 1.54) is 0 Å². The van der Waals surface area contributed by atoms with Gasteiger partial charge < -0.3 is 5.73 Å². The second kappa shape index (κ2) is 5.42. The van der Waals surface area contributed by atoms with Crippen molar-refractivity contribution in [1.29, 1.82) is 0 Å². The predicted molar refractivity (Wildman–Crippen MR) is 64.3 cm³/mol. The van der Waals surface area contributed by atoms with E-state index in [4.69, 9.17) is 5.73 Å². The summed E-state index contributed by atoms with van der Waals surface area (Å²) in [5.74, 6) is -0.0201. The molecule has 0 aliphatic heterocycles. The van der Waals surface area contributed by atoms with Crippen molar-refractivity contribution in [1.82, 2.24) is 0 Å². The molecule has 100 valence electrons. The number of nitrogen functional groups attached to an aromatic ring is 1. The zero-order valence-corrected chi connectivity index (χ0v) is 10.3. The van der Waals surface area contributed by atoms with E-state index in [9.17, 15) is 18.0 Å².